The standard InChI is InChI=1S/C12H19N3O/c1-5-9(4)14-12(16)11-6-10(13)7-15(11)8(2)3/h5-9H,1,13H2,2-4H3,(H,14,16). The molecule has 0 aliphatic heterocycles. The maximum atomic E-state index is 11.9. The fraction of sp³-hybridized carbons (Fsp3) is 0.417. The Morgan fingerprint density at radius 3 is 2.69 bits per heavy atom. The first kappa shape index (κ1) is 12.4. The van der Waals surface area contributed by atoms with Crippen LogP contribution in [0.4, 0.5) is 5.69 Å². The van der Waals surface area contributed by atoms with Crippen LogP contribution >= 0.6 is 0 Å². The van der Waals surface area contributed by atoms with E-state index in [4.69, 9.17) is 5.73 Å². The van der Waals surface area contributed by atoms with Gasteiger partial charge in [-0.15, -0.1) is 6.58 Å². The number of hydrogen-bond acceptors (Lipinski definition) is 2. The summed E-state index contributed by atoms with van der Waals surface area (Å²) in [6.07, 6.45) is 3.46. The van der Waals surface area contributed by atoms with Gasteiger partial charge in [-0.1, -0.05) is 6.08 Å². The van der Waals surface area contributed by atoms with Crippen LogP contribution in [-0.4, -0.2) is 16.5 Å². The highest BCUT2D eigenvalue weighted by Gasteiger charge is 2.15. The molecule has 3 N–H and O–H groups in total. The molecule has 0 radical (unpaired) electrons. The quantitative estimate of drug-likeness (QED) is 0.763. The minimum Gasteiger partial charge on any atom is -0.397 e. The number of aromatic nitrogens is 1. The number of carbonyl (C=O) groups excluding carboxylic acids is 1. The largest absolute Gasteiger partial charge is 0.397 e. The smallest absolute Gasteiger partial charge is 0.268 e. The number of anilines is 1. The molecular weight excluding hydrogens is 202 g/mol. The van der Waals surface area contributed by atoms with Crippen LogP contribution in [0, 0.1) is 0 Å². The highest BCUT2D eigenvalue weighted by molar-refractivity contribution is 5.94. The summed E-state index contributed by atoms with van der Waals surface area (Å²) in [5.74, 6) is -0.127. The van der Waals surface area contributed by atoms with E-state index in [0.717, 1.165) is 0 Å². The third-order valence-corrected chi connectivity index (χ3v) is 2.37. The van der Waals surface area contributed by atoms with Crippen LogP contribution in [0.1, 0.15) is 37.3 Å². The molecule has 4 nitrogen and oxygen atoms in total. The van der Waals surface area contributed by atoms with Crippen LogP contribution in [0.25, 0.3) is 0 Å². The first-order valence-electron chi connectivity index (χ1n) is 5.36. The number of amides is 1. The lowest BCUT2D eigenvalue weighted by Gasteiger charge is -2.14. The number of nitrogens with zero attached hydrogens (tertiary/aromatic N) is 1. The fourth-order valence-corrected chi connectivity index (χ4v) is 1.45. The predicted octanol–water partition coefficient (Wildman–Crippen LogP) is 1.96. The predicted molar refractivity (Wildman–Crippen MR) is 66.4 cm³/mol. The van der Waals surface area contributed by atoms with Gasteiger partial charge < -0.3 is 15.6 Å². The molecule has 1 unspecified atom stereocenters. The second-order valence-corrected chi connectivity index (χ2v) is 4.16. The van der Waals surface area contributed by atoms with Crippen LogP contribution in [0.2, 0.25) is 0 Å². The van der Waals surface area contributed by atoms with Gasteiger partial charge in [0.1, 0.15) is 5.69 Å². The molecule has 0 saturated heterocycles. The Labute approximate surface area is 96.1 Å². The fourth-order valence-electron chi connectivity index (χ4n) is 1.45. The number of nitrogens with one attached hydrogen (secondary N) is 1. The van der Waals surface area contributed by atoms with E-state index >= 15 is 0 Å². The zero-order chi connectivity index (χ0) is 12.3. The van der Waals surface area contributed by atoms with Crippen LogP contribution in [0.5, 0.6) is 0 Å². The first-order valence-corrected chi connectivity index (χ1v) is 5.36. The maximum absolute atomic E-state index is 11.9. The molecule has 4 heteroatoms. The van der Waals surface area contributed by atoms with Gasteiger partial charge >= 0.3 is 0 Å². The zero-order valence-electron chi connectivity index (χ0n) is 10.0. The van der Waals surface area contributed by atoms with Crippen LogP contribution in [0.15, 0.2) is 24.9 Å². The number of nitrogens with two attached hydrogens (primary N) is 1. The van der Waals surface area contributed by atoms with Gasteiger partial charge in [-0.3, -0.25) is 4.79 Å². The monoisotopic (exact) mass is 221 g/mol. The maximum Gasteiger partial charge on any atom is 0.268 e. The van der Waals surface area contributed by atoms with Gasteiger partial charge in [0.2, 0.25) is 0 Å². The second-order valence-electron chi connectivity index (χ2n) is 4.16. The third-order valence-electron chi connectivity index (χ3n) is 2.37. The van der Waals surface area contributed by atoms with E-state index in [1.54, 1.807) is 18.3 Å². The molecule has 1 atom stereocenters. The molecule has 0 aliphatic carbocycles. The summed E-state index contributed by atoms with van der Waals surface area (Å²) in [6, 6.07) is 1.84. The molecule has 0 saturated carbocycles. The average Bonchev–Trinajstić information content (AvgIpc) is 2.60. The Morgan fingerprint density at radius 1 is 1.56 bits per heavy atom. The van der Waals surface area contributed by atoms with Crippen molar-refractivity contribution in [2.24, 2.45) is 0 Å². The van der Waals surface area contributed by atoms with Crippen molar-refractivity contribution in [3.63, 3.8) is 0 Å². The molecule has 0 bridgehead atoms. The molecule has 1 rings (SSSR count). The lowest BCUT2D eigenvalue weighted by Crippen LogP contribution is -2.32. The van der Waals surface area contributed by atoms with E-state index in [-0.39, 0.29) is 18.0 Å². The van der Waals surface area contributed by atoms with Gasteiger partial charge in [-0.05, 0) is 26.8 Å². The molecule has 1 amide bonds. The summed E-state index contributed by atoms with van der Waals surface area (Å²) in [5, 5.41) is 2.82. The van der Waals surface area contributed by atoms with Crippen molar-refractivity contribution in [3.8, 4) is 0 Å². The SMILES string of the molecule is C=CC(C)NC(=O)c1cc(N)cn1C(C)C. The number of hydrogen-bond donors (Lipinski definition) is 2. The Kier molecular flexibility index (Phi) is 3.77. The summed E-state index contributed by atoms with van der Waals surface area (Å²) < 4.78 is 1.86. The molecule has 1 heterocycles. The van der Waals surface area contributed by atoms with E-state index in [0.29, 0.717) is 11.4 Å². The second kappa shape index (κ2) is 4.88. The Balaban J connectivity index is 2.94. The summed E-state index contributed by atoms with van der Waals surface area (Å²) >= 11 is 0. The van der Waals surface area contributed by atoms with Crippen molar-refractivity contribution in [2.45, 2.75) is 32.9 Å². The van der Waals surface area contributed by atoms with Crippen molar-refractivity contribution in [3.05, 3.63) is 30.6 Å². The molecule has 1 aromatic rings. The van der Waals surface area contributed by atoms with Crippen molar-refractivity contribution < 1.29 is 4.79 Å². The van der Waals surface area contributed by atoms with Crippen molar-refractivity contribution in [1.82, 2.24) is 9.88 Å². The zero-order valence-corrected chi connectivity index (χ0v) is 10.0. The number of rotatable bonds is 4. The van der Waals surface area contributed by atoms with Crippen molar-refractivity contribution in [1.29, 1.82) is 0 Å². The molecule has 0 spiro atoms. The topological polar surface area (TPSA) is 60.1 Å². The minimum atomic E-state index is -0.127. The van der Waals surface area contributed by atoms with Gasteiger partial charge in [0.25, 0.3) is 5.91 Å². The van der Waals surface area contributed by atoms with Crippen molar-refractivity contribution >= 4 is 11.6 Å². The van der Waals surface area contributed by atoms with E-state index in [9.17, 15) is 4.79 Å². The third kappa shape index (κ3) is 2.66. The van der Waals surface area contributed by atoms with Crippen molar-refractivity contribution in [2.75, 3.05) is 5.73 Å². The van der Waals surface area contributed by atoms with Gasteiger partial charge in [0.15, 0.2) is 0 Å². The van der Waals surface area contributed by atoms with Gasteiger partial charge in [0.05, 0.1) is 5.69 Å². The van der Waals surface area contributed by atoms with E-state index in [1.165, 1.54) is 0 Å². The summed E-state index contributed by atoms with van der Waals surface area (Å²) in [6.45, 7) is 9.51. The highest BCUT2D eigenvalue weighted by Crippen LogP contribution is 2.16. The Hall–Kier alpha value is -1.71. The van der Waals surface area contributed by atoms with E-state index in [2.05, 4.69) is 11.9 Å². The van der Waals surface area contributed by atoms with Gasteiger partial charge in [-0.2, -0.15) is 0 Å². The van der Waals surface area contributed by atoms with Crippen LogP contribution in [-0.2, 0) is 0 Å². The number of carbonyl (C=O) groups is 1. The minimum absolute atomic E-state index is 0.0516. The normalized spacial score (nSPS) is 12.5. The van der Waals surface area contributed by atoms with Gasteiger partial charge in [-0.25, -0.2) is 0 Å². The molecule has 0 aromatic carbocycles. The highest BCUT2D eigenvalue weighted by atomic mass is 16.2. The van der Waals surface area contributed by atoms with Crippen LogP contribution < -0.4 is 11.1 Å². The van der Waals surface area contributed by atoms with Crippen LogP contribution in [0.3, 0.4) is 0 Å². The van der Waals surface area contributed by atoms with E-state index in [1.807, 2.05) is 25.3 Å². The Bertz CT molecular complexity index is 393. The number of nitrogen functional groups attached to an aromatic ring is 1. The molecule has 0 fully saturated rings. The molecule has 0 aliphatic rings. The van der Waals surface area contributed by atoms with Gasteiger partial charge in [0, 0.05) is 18.3 Å². The summed E-state index contributed by atoms with van der Waals surface area (Å²) in [5.41, 5.74) is 6.88. The average molecular weight is 221 g/mol. The molecule has 1 aromatic heterocycles. The lowest BCUT2D eigenvalue weighted by atomic mass is 10.3. The molecular formula is C12H19N3O. The molecule has 88 valence electrons. The lowest BCUT2D eigenvalue weighted by molar-refractivity contribution is 0.0936. The first-order chi connectivity index (χ1) is 7.45. The van der Waals surface area contributed by atoms with E-state index < -0.39 is 0 Å². The Morgan fingerprint density at radius 2 is 2.19 bits per heavy atom. The summed E-state index contributed by atoms with van der Waals surface area (Å²) in [7, 11) is 0. The summed E-state index contributed by atoms with van der Waals surface area (Å²) in [4.78, 5) is 11.9. The molecule has 16 heavy (non-hydrogen) atoms.